The first-order valence-corrected chi connectivity index (χ1v) is 7.99. The molecule has 1 atom stereocenters. The Balaban J connectivity index is 1.56. The fourth-order valence-electron chi connectivity index (χ4n) is 2.11. The Hall–Kier alpha value is -1.14. The highest BCUT2D eigenvalue weighted by molar-refractivity contribution is 7.99. The van der Waals surface area contributed by atoms with E-state index in [9.17, 15) is 4.79 Å². The Bertz CT molecular complexity index is 436. The van der Waals surface area contributed by atoms with Crippen LogP contribution in [0.25, 0.3) is 0 Å². The van der Waals surface area contributed by atoms with Crippen LogP contribution in [0.4, 0.5) is 0 Å². The molecular formula is C14H21N3O2S. The standard InChI is InChI=1S/C14H21N3O2S/c1-11-4-7-16-14(17-11)20-10-13(18)15-6-2-3-12-5-8-19-9-12/h4,7,12H,2-3,5-6,8-10H2,1H3,(H,15,18)/t12-/m0/s1. The van der Waals surface area contributed by atoms with Gasteiger partial charge in [-0.15, -0.1) is 0 Å². The lowest BCUT2D eigenvalue weighted by Gasteiger charge is -2.08. The van der Waals surface area contributed by atoms with E-state index in [-0.39, 0.29) is 5.91 Å². The van der Waals surface area contributed by atoms with Crippen molar-refractivity contribution in [1.82, 2.24) is 15.3 Å². The zero-order chi connectivity index (χ0) is 14.2. The monoisotopic (exact) mass is 295 g/mol. The third-order valence-corrected chi connectivity index (χ3v) is 4.10. The van der Waals surface area contributed by atoms with Gasteiger partial charge in [0, 0.05) is 31.6 Å². The van der Waals surface area contributed by atoms with E-state index in [4.69, 9.17) is 4.74 Å². The number of hydrogen-bond donors (Lipinski definition) is 1. The smallest absolute Gasteiger partial charge is 0.230 e. The number of carbonyl (C=O) groups excluding carboxylic acids is 1. The largest absolute Gasteiger partial charge is 0.381 e. The summed E-state index contributed by atoms with van der Waals surface area (Å²) in [5.74, 6) is 1.10. The maximum Gasteiger partial charge on any atom is 0.230 e. The second-order valence-electron chi connectivity index (χ2n) is 4.99. The molecule has 1 aromatic heterocycles. The Morgan fingerprint density at radius 1 is 1.60 bits per heavy atom. The van der Waals surface area contributed by atoms with Crippen LogP contribution in [-0.4, -0.2) is 41.4 Å². The average Bonchev–Trinajstić information content (AvgIpc) is 2.95. The van der Waals surface area contributed by atoms with E-state index in [1.54, 1.807) is 6.20 Å². The van der Waals surface area contributed by atoms with Crippen molar-refractivity contribution in [2.75, 3.05) is 25.5 Å². The van der Waals surface area contributed by atoms with Gasteiger partial charge in [0.2, 0.25) is 5.91 Å². The summed E-state index contributed by atoms with van der Waals surface area (Å²) in [6, 6.07) is 1.84. The first-order chi connectivity index (χ1) is 9.74. The summed E-state index contributed by atoms with van der Waals surface area (Å²) in [5.41, 5.74) is 0.918. The number of ether oxygens (including phenoxy) is 1. The van der Waals surface area contributed by atoms with Crippen LogP contribution in [0, 0.1) is 12.8 Å². The molecule has 0 unspecified atom stereocenters. The Morgan fingerprint density at radius 3 is 3.25 bits per heavy atom. The van der Waals surface area contributed by atoms with Gasteiger partial charge in [0.15, 0.2) is 5.16 Å². The first-order valence-electron chi connectivity index (χ1n) is 7.01. The van der Waals surface area contributed by atoms with Gasteiger partial charge in [0.1, 0.15) is 0 Å². The number of carbonyl (C=O) groups is 1. The number of amides is 1. The van der Waals surface area contributed by atoms with E-state index < -0.39 is 0 Å². The van der Waals surface area contributed by atoms with Gasteiger partial charge in [-0.2, -0.15) is 0 Å². The molecule has 0 aromatic carbocycles. The molecule has 20 heavy (non-hydrogen) atoms. The lowest BCUT2D eigenvalue weighted by molar-refractivity contribution is -0.118. The van der Waals surface area contributed by atoms with Gasteiger partial charge in [-0.1, -0.05) is 11.8 Å². The molecule has 6 heteroatoms. The molecule has 0 bridgehead atoms. The van der Waals surface area contributed by atoms with Crippen LogP contribution in [0.15, 0.2) is 17.4 Å². The quantitative estimate of drug-likeness (QED) is 0.472. The van der Waals surface area contributed by atoms with Crippen LogP contribution in [-0.2, 0) is 9.53 Å². The Morgan fingerprint density at radius 2 is 2.50 bits per heavy atom. The number of thioether (sulfide) groups is 1. The van der Waals surface area contributed by atoms with Crippen molar-refractivity contribution in [3.8, 4) is 0 Å². The van der Waals surface area contributed by atoms with Gasteiger partial charge in [0.05, 0.1) is 5.75 Å². The third-order valence-electron chi connectivity index (χ3n) is 3.24. The van der Waals surface area contributed by atoms with Crippen molar-refractivity contribution in [2.45, 2.75) is 31.3 Å². The minimum Gasteiger partial charge on any atom is -0.381 e. The summed E-state index contributed by atoms with van der Waals surface area (Å²) < 4.78 is 5.33. The number of rotatable bonds is 7. The first kappa shape index (κ1) is 15.3. The predicted molar refractivity (Wildman–Crippen MR) is 78.7 cm³/mol. The fraction of sp³-hybridized carbons (Fsp3) is 0.643. The summed E-state index contributed by atoms with van der Waals surface area (Å²) in [4.78, 5) is 20.1. The number of nitrogens with one attached hydrogen (secondary N) is 1. The molecule has 1 aliphatic heterocycles. The zero-order valence-electron chi connectivity index (χ0n) is 11.8. The van der Waals surface area contributed by atoms with Crippen LogP contribution < -0.4 is 5.32 Å². The van der Waals surface area contributed by atoms with Gasteiger partial charge >= 0.3 is 0 Å². The van der Waals surface area contributed by atoms with Crippen molar-refractivity contribution >= 4 is 17.7 Å². The van der Waals surface area contributed by atoms with Crippen molar-refractivity contribution in [1.29, 1.82) is 0 Å². The molecule has 110 valence electrons. The topological polar surface area (TPSA) is 64.1 Å². The number of aromatic nitrogens is 2. The van der Waals surface area contributed by atoms with E-state index >= 15 is 0 Å². The molecule has 0 radical (unpaired) electrons. The van der Waals surface area contributed by atoms with Gasteiger partial charge in [-0.25, -0.2) is 9.97 Å². The Labute approximate surface area is 123 Å². The summed E-state index contributed by atoms with van der Waals surface area (Å²) in [6.45, 7) is 4.43. The van der Waals surface area contributed by atoms with Crippen LogP contribution in [0.2, 0.25) is 0 Å². The summed E-state index contributed by atoms with van der Waals surface area (Å²) >= 11 is 1.37. The average molecular weight is 295 g/mol. The molecule has 1 N–H and O–H groups in total. The molecule has 2 heterocycles. The van der Waals surface area contributed by atoms with Gasteiger partial charge in [-0.3, -0.25) is 4.79 Å². The van der Waals surface area contributed by atoms with Crippen LogP contribution in [0.3, 0.4) is 0 Å². The number of nitrogens with zero attached hydrogens (tertiary/aromatic N) is 2. The molecule has 2 rings (SSSR count). The molecule has 0 spiro atoms. The molecule has 1 aromatic rings. The Kier molecular flexibility index (Phi) is 6.26. The highest BCUT2D eigenvalue weighted by Gasteiger charge is 2.14. The molecule has 0 saturated carbocycles. The highest BCUT2D eigenvalue weighted by atomic mass is 32.2. The highest BCUT2D eigenvalue weighted by Crippen LogP contribution is 2.17. The summed E-state index contributed by atoms with van der Waals surface area (Å²) in [6.07, 6.45) is 5.03. The van der Waals surface area contributed by atoms with Gasteiger partial charge < -0.3 is 10.1 Å². The third kappa shape index (κ3) is 5.46. The molecular weight excluding hydrogens is 274 g/mol. The van der Waals surface area contributed by atoms with Gasteiger partial charge in [0.25, 0.3) is 0 Å². The van der Waals surface area contributed by atoms with Crippen molar-refractivity contribution < 1.29 is 9.53 Å². The molecule has 1 fully saturated rings. The molecule has 0 aliphatic carbocycles. The molecule has 1 saturated heterocycles. The number of aryl methyl sites for hydroxylation is 1. The van der Waals surface area contributed by atoms with Crippen molar-refractivity contribution in [3.05, 3.63) is 18.0 Å². The normalized spacial score (nSPS) is 18.1. The van der Waals surface area contributed by atoms with Crippen LogP contribution >= 0.6 is 11.8 Å². The lowest BCUT2D eigenvalue weighted by Crippen LogP contribution is -2.26. The minimum atomic E-state index is 0.0442. The summed E-state index contributed by atoms with van der Waals surface area (Å²) in [5, 5.41) is 3.59. The van der Waals surface area contributed by atoms with E-state index in [2.05, 4.69) is 15.3 Å². The molecule has 1 aliphatic rings. The second-order valence-corrected chi connectivity index (χ2v) is 5.93. The van der Waals surface area contributed by atoms with Crippen molar-refractivity contribution in [2.24, 2.45) is 5.92 Å². The predicted octanol–water partition coefficient (Wildman–Crippen LogP) is 1.81. The maximum absolute atomic E-state index is 11.7. The van der Waals surface area contributed by atoms with E-state index in [1.807, 2.05) is 13.0 Å². The molecule has 5 nitrogen and oxygen atoms in total. The second kappa shape index (κ2) is 8.21. The van der Waals surface area contributed by atoms with E-state index in [1.165, 1.54) is 11.8 Å². The summed E-state index contributed by atoms with van der Waals surface area (Å²) in [7, 11) is 0. The minimum absolute atomic E-state index is 0.0442. The van der Waals surface area contributed by atoms with E-state index in [0.717, 1.165) is 44.7 Å². The zero-order valence-corrected chi connectivity index (χ0v) is 12.6. The lowest BCUT2D eigenvalue weighted by atomic mass is 10.0. The van der Waals surface area contributed by atoms with E-state index in [0.29, 0.717) is 16.8 Å². The fourth-order valence-corrected chi connectivity index (χ4v) is 2.81. The van der Waals surface area contributed by atoms with Crippen molar-refractivity contribution in [3.63, 3.8) is 0 Å². The molecule has 1 amide bonds. The van der Waals surface area contributed by atoms with Gasteiger partial charge in [-0.05, 0) is 38.2 Å². The SMILES string of the molecule is Cc1ccnc(SCC(=O)NCCC[C@H]2CCOC2)n1. The number of hydrogen-bond acceptors (Lipinski definition) is 5. The van der Waals surface area contributed by atoms with Crippen LogP contribution in [0.1, 0.15) is 25.0 Å². The maximum atomic E-state index is 11.7. The van der Waals surface area contributed by atoms with Crippen LogP contribution in [0.5, 0.6) is 0 Å².